The number of piperazine rings is 1. The second-order valence-corrected chi connectivity index (χ2v) is 8.37. The Hall–Kier alpha value is -2.96. The number of carbonyl (C=O) groups is 1. The summed E-state index contributed by atoms with van der Waals surface area (Å²) in [5.74, 6) is 0.368. The zero-order chi connectivity index (χ0) is 22.3. The highest BCUT2D eigenvalue weighted by Crippen LogP contribution is 2.29. The molecule has 168 valence electrons. The molecular formula is C26H32N4O2. The van der Waals surface area contributed by atoms with Crippen molar-refractivity contribution in [1.29, 1.82) is 0 Å². The summed E-state index contributed by atoms with van der Waals surface area (Å²) in [6.07, 6.45) is 4.34. The molecule has 0 saturated carbocycles. The summed E-state index contributed by atoms with van der Waals surface area (Å²) in [4.78, 5) is 21.7. The van der Waals surface area contributed by atoms with Crippen molar-refractivity contribution in [2.24, 2.45) is 5.73 Å². The molecule has 0 radical (unpaired) electrons. The van der Waals surface area contributed by atoms with Gasteiger partial charge in [-0.15, -0.1) is 0 Å². The molecule has 1 aliphatic rings. The molecule has 2 aromatic carbocycles. The fraction of sp³-hybridized carbons (Fsp3) is 0.385. The predicted octanol–water partition coefficient (Wildman–Crippen LogP) is 4.41. The van der Waals surface area contributed by atoms with E-state index in [0.29, 0.717) is 24.7 Å². The highest BCUT2D eigenvalue weighted by atomic mass is 16.3. The van der Waals surface area contributed by atoms with E-state index in [2.05, 4.69) is 65.3 Å². The van der Waals surface area contributed by atoms with Gasteiger partial charge in [-0.2, -0.15) is 0 Å². The zero-order valence-corrected chi connectivity index (χ0v) is 18.7. The van der Waals surface area contributed by atoms with E-state index in [9.17, 15) is 4.79 Å². The number of nitrogens with zero attached hydrogens (tertiary/aromatic N) is 3. The van der Waals surface area contributed by atoms with Crippen molar-refractivity contribution < 1.29 is 9.21 Å². The number of nitrogens with two attached hydrogens (primary N) is 1. The van der Waals surface area contributed by atoms with Gasteiger partial charge in [0.2, 0.25) is 5.89 Å². The molecule has 6 nitrogen and oxygen atoms in total. The molecule has 0 bridgehead atoms. The number of carbonyl (C=O) groups excluding carboxylic acids is 1. The molecule has 6 heteroatoms. The minimum atomic E-state index is -0.258. The normalized spacial score (nSPS) is 15.8. The van der Waals surface area contributed by atoms with Crippen LogP contribution in [-0.4, -0.2) is 46.9 Å². The van der Waals surface area contributed by atoms with Crippen LogP contribution < -0.4 is 5.73 Å². The number of hydrogen-bond donors (Lipinski definition) is 1. The second kappa shape index (κ2) is 10.6. The molecule has 1 saturated heterocycles. The average molecular weight is 433 g/mol. The predicted molar refractivity (Wildman–Crippen MR) is 125 cm³/mol. The Kier molecular flexibility index (Phi) is 7.35. The topological polar surface area (TPSA) is 75.6 Å². The largest absolute Gasteiger partial charge is 0.446 e. The monoisotopic (exact) mass is 432 g/mol. The van der Waals surface area contributed by atoms with Gasteiger partial charge >= 0.3 is 0 Å². The lowest BCUT2D eigenvalue weighted by molar-refractivity contribution is 0.0591. The third-order valence-electron chi connectivity index (χ3n) is 6.12. The maximum absolute atomic E-state index is 13.0. The van der Waals surface area contributed by atoms with Crippen molar-refractivity contribution in [1.82, 2.24) is 14.8 Å². The molecule has 1 aromatic heterocycles. The molecule has 2 N–H and O–H groups in total. The van der Waals surface area contributed by atoms with E-state index < -0.39 is 0 Å². The van der Waals surface area contributed by atoms with E-state index >= 15 is 0 Å². The maximum Gasteiger partial charge on any atom is 0.275 e. The number of oxazole rings is 1. The van der Waals surface area contributed by atoms with E-state index in [1.54, 1.807) is 0 Å². The Bertz CT molecular complexity index is 942. The molecule has 1 aliphatic heterocycles. The first kappa shape index (κ1) is 22.2. The minimum Gasteiger partial charge on any atom is -0.446 e. The number of benzene rings is 2. The highest BCUT2D eigenvalue weighted by molar-refractivity contribution is 5.92. The van der Waals surface area contributed by atoms with Crippen molar-refractivity contribution in [3.8, 4) is 0 Å². The second-order valence-electron chi connectivity index (χ2n) is 8.37. The first-order valence-corrected chi connectivity index (χ1v) is 11.5. The van der Waals surface area contributed by atoms with Crippen LogP contribution in [-0.2, 0) is 0 Å². The smallest absolute Gasteiger partial charge is 0.275 e. The number of amides is 1. The lowest BCUT2D eigenvalue weighted by Gasteiger charge is -2.39. The first-order valence-electron chi connectivity index (χ1n) is 11.5. The Morgan fingerprint density at radius 2 is 1.59 bits per heavy atom. The Balaban J connectivity index is 1.43. The molecule has 32 heavy (non-hydrogen) atoms. The van der Waals surface area contributed by atoms with E-state index in [-0.39, 0.29) is 18.0 Å². The number of unbranched alkanes of at least 4 members (excludes halogenated alkanes) is 1. The van der Waals surface area contributed by atoms with Crippen LogP contribution in [0.2, 0.25) is 0 Å². The van der Waals surface area contributed by atoms with E-state index in [4.69, 9.17) is 10.2 Å². The summed E-state index contributed by atoms with van der Waals surface area (Å²) >= 11 is 0. The lowest BCUT2D eigenvalue weighted by Crippen LogP contribution is -2.50. The Labute approximate surface area is 190 Å². The third-order valence-corrected chi connectivity index (χ3v) is 6.12. The summed E-state index contributed by atoms with van der Waals surface area (Å²) in [5.41, 5.74) is 9.03. The molecule has 1 fully saturated rings. The summed E-state index contributed by atoms with van der Waals surface area (Å²) in [7, 11) is 0. The summed E-state index contributed by atoms with van der Waals surface area (Å²) in [5, 5.41) is 0. The fourth-order valence-corrected chi connectivity index (χ4v) is 4.33. The number of hydrogen-bond acceptors (Lipinski definition) is 5. The number of aromatic nitrogens is 1. The van der Waals surface area contributed by atoms with Crippen molar-refractivity contribution in [2.75, 3.05) is 26.2 Å². The molecule has 2 heterocycles. The van der Waals surface area contributed by atoms with Gasteiger partial charge in [-0.05, 0) is 17.5 Å². The summed E-state index contributed by atoms with van der Waals surface area (Å²) in [6, 6.07) is 21.0. The Morgan fingerprint density at radius 1 is 1.00 bits per heavy atom. The van der Waals surface area contributed by atoms with Crippen LogP contribution >= 0.6 is 0 Å². The molecule has 4 rings (SSSR count). The summed E-state index contributed by atoms with van der Waals surface area (Å²) in [6.45, 7) is 5.01. The van der Waals surface area contributed by atoms with Crippen LogP contribution in [0, 0.1) is 0 Å². The van der Waals surface area contributed by atoms with Crippen LogP contribution in [0.5, 0.6) is 0 Å². The molecule has 3 aromatic rings. The van der Waals surface area contributed by atoms with Gasteiger partial charge in [0.25, 0.3) is 5.91 Å². The van der Waals surface area contributed by atoms with Crippen LogP contribution in [0.3, 0.4) is 0 Å². The van der Waals surface area contributed by atoms with Crippen molar-refractivity contribution in [3.63, 3.8) is 0 Å². The van der Waals surface area contributed by atoms with Crippen LogP contribution in [0.4, 0.5) is 0 Å². The third kappa shape index (κ3) is 5.09. The lowest BCUT2D eigenvalue weighted by atomic mass is 9.96. The van der Waals surface area contributed by atoms with Gasteiger partial charge in [-0.3, -0.25) is 9.69 Å². The van der Waals surface area contributed by atoms with Gasteiger partial charge in [0.05, 0.1) is 12.1 Å². The van der Waals surface area contributed by atoms with Gasteiger partial charge < -0.3 is 15.1 Å². The average Bonchev–Trinajstić information content (AvgIpc) is 3.35. The Morgan fingerprint density at radius 3 is 2.16 bits per heavy atom. The minimum absolute atomic E-state index is 0.0849. The van der Waals surface area contributed by atoms with Gasteiger partial charge in [0, 0.05) is 26.2 Å². The summed E-state index contributed by atoms with van der Waals surface area (Å²) < 4.78 is 5.52. The van der Waals surface area contributed by atoms with Gasteiger partial charge in [0.1, 0.15) is 6.26 Å². The van der Waals surface area contributed by atoms with Gasteiger partial charge in [-0.1, -0.05) is 80.4 Å². The standard InChI is InChI=1S/C26H32N4O2/c1-2-3-14-22(27)25-28-23(19-32-25)26(31)30-17-15-29(16-18-30)24(20-10-6-4-7-11-20)21-12-8-5-9-13-21/h4-13,19,22,24H,2-3,14-18,27H2,1H3. The van der Waals surface area contributed by atoms with Crippen molar-refractivity contribution in [2.45, 2.75) is 38.3 Å². The van der Waals surface area contributed by atoms with E-state index in [1.165, 1.54) is 17.4 Å². The quantitative estimate of drug-likeness (QED) is 0.571. The van der Waals surface area contributed by atoms with Crippen molar-refractivity contribution >= 4 is 5.91 Å². The van der Waals surface area contributed by atoms with Gasteiger partial charge in [-0.25, -0.2) is 4.98 Å². The SMILES string of the molecule is CCCCC(N)c1nc(C(=O)N2CCN(C(c3ccccc3)c3ccccc3)CC2)co1. The molecule has 0 spiro atoms. The maximum atomic E-state index is 13.0. The van der Waals surface area contributed by atoms with Crippen molar-refractivity contribution in [3.05, 3.63) is 89.6 Å². The first-order chi connectivity index (χ1) is 15.7. The van der Waals surface area contributed by atoms with Crippen LogP contribution in [0.15, 0.2) is 71.3 Å². The fourth-order valence-electron chi connectivity index (χ4n) is 4.33. The molecule has 1 unspecified atom stereocenters. The number of rotatable bonds is 8. The van der Waals surface area contributed by atoms with Crippen LogP contribution in [0.1, 0.15) is 65.8 Å². The van der Waals surface area contributed by atoms with E-state index in [1.807, 2.05) is 17.0 Å². The molecule has 1 atom stereocenters. The molecular weight excluding hydrogens is 400 g/mol. The zero-order valence-electron chi connectivity index (χ0n) is 18.7. The van der Waals surface area contributed by atoms with Crippen LogP contribution in [0.25, 0.3) is 0 Å². The highest BCUT2D eigenvalue weighted by Gasteiger charge is 2.29. The molecule has 0 aliphatic carbocycles. The van der Waals surface area contributed by atoms with Gasteiger partial charge in [0.15, 0.2) is 5.69 Å². The molecule has 1 amide bonds. The van der Waals surface area contributed by atoms with E-state index in [0.717, 1.165) is 32.4 Å².